The molecule has 0 aliphatic rings. The SMILES string of the molecule is COc1cc(C(=O)O)ccc1CCNC(=O)c1c(C)cc(C)[nH]c1=O. The standard InChI is InChI=1S/C18H20N2O5/c1-10-8-11(2)20-17(22)15(10)16(21)19-7-6-12-4-5-13(18(23)24)9-14(12)25-3/h4-5,8-9H,6-7H2,1-3H3,(H,19,21)(H,20,22)(H,23,24). The average molecular weight is 344 g/mol. The number of benzene rings is 1. The average Bonchev–Trinajstić information content (AvgIpc) is 2.53. The second-order valence-electron chi connectivity index (χ2n) is 5.68. The molecule has 7 nitrogen and oxygen atoms in total. The van der Waals surface area contributed by atoms with Gasteiger partial charge in [0.1, 0.15) is 11.3 Å². The number of ether oxygens (including phenoxy) is 1. The Bertz CT molecular complexity index is 870. The molecule has 0 unspecified atom stereocenters. The molecular formula is C18H20N2O5. The van der Waals surface area contributed by atoms with Gasteiger partial charge in [-0.3, -0.25) is 9.59 Å². The van der Waals surface area contributed by atoms with E-state index in [9.17, 15) is 14.4 Å². The Hall–Kier alpha value is -3.09. The lowest BCUT2D eigenvalue weighted by atomic mass is 10.1. The van der Waals surface area contributed by atoms with Gasteiger partial charge in [0, 0.05) is 12.2 Å². The first-order chi connectivity index (χ1) is 11.8. The summed E-state index contributed by atoms with van der Waals surface area (Å²) in [5, 5.41) is 11.7. The number of aryl methyl sites for hydroxylation is 2. The maximum atomic E-state index is 12.2. The van der Waals surface area contributed by atoms with Crippen molar-refractivity contribution in [3.05, 3.63) is 62.6 Å². The van der Waals surface area contributed by atoms with E-state index < -0.39 is 17.4 Å². The monoisotopic (exact) mass is 344 g/mol. The second kappa shape index (κ2) is 7.65. The number of nitrogens with one attached hydrogen (secondary N) is 2. The first-order valence-electron chi connectivity index (χ1n) is 7.72. The van der Waals surface area contributed by atoms with Crippen molar-refractivity contribution in [2.75, 3.05) is 13.7 Å². The molecule has 1 aromatic heterocycles. The zero-order valence-corrected chi connectivity index (χ0v) is 14.3. The van der Waals surface area contributed by atoms with Crippen molar-refractivity contribution in [3.8, 4) is 5.75 Å². The number of carbonyl (C=O) groups excluding carboxylic acids is 1. The lowest BCUT2D eigenvalue weighted by Gasteiger charge is -2.11. The minimum absolute atomic E-state index is 0.0961. The summed E-state index contributed by atoms with van der Waals surface area (Å²) in [6.07, 6.45) is 0.442. The van der Waals surface area contributed by atoms with Gasteiger partial charge >= 0.3 is 5.97 Å². The second-order valence-corrected chi connectivity index (χ2v) is 5.68. The number of aromatic carboxylic acids is 1. The van der Waals surface area contributed by atoms with E-state index in [1.54, 1.807) is 26.0 Å². The Labute approximate surface area is 144 Å². The number of methoxy groups -OCH3 is 1. The molecule has 132 valence electrons. The number of hydrogen-bond donors (Lipinski definition) is 3. The summed E-state index contributed by atoms with van der Waals surface area (Å²) < 4.78 is 5.20. The summed E-state index contributed by atoms with van der Waals surface area (Å²) in [4.78, 5) is 37.8. The van der Waals surface area contributed by atoms with Crippen LogP contribution in [0.1, 0.15) is 37.5 Å². The van der Waals surface area contributed by atoms with Crippen LogP contribution in [0.15, 0.2) is 29.1 Å². The zero-order chi connectivity index (χ0) is 18.6. The molecule has 7 heteroatoms. The van der Waals surface area contributed by atoms with E-state index in [1.807, 2.05) is 0 Å². The van der Waals surface area contributed by atoms with E-state index in [-0.39, 0.29) is 17.7 Å². The van der Waals surface area contributed by atoms with E-state index >= 15 is 0 Å². The van der Waals surface area contributed by atoms with E-state index in [1.165, 1.54) is 19.2 Å². The molecule has 1 heterocycles. The number of carboxylic acid groups (broad SMARTS) is 1. The Kier molecular flexibility index (Phi) is 5.59. The van der Waals surface area contributed by atoms with Crippen molar-refractivity contribution in [2.45, 2.75) is 20.3 Å². The summed E-state index contributed by atoms with van der Waals surface area (Å²) >= 11 is 0. The normalized spacial score (nSPS) is 10.4. The molecule has 0 saturated heterocycles. The van der Waals surface area contributed by atoms with Gasteiger partial charge in [-0.25, -0.2) is 4.79 Å². The fourth-order valence-corrected chi connectivity index (χ4v) is 2.62. The number of carboxylic acids is 1. The van der Waals surface area contributed by atoms with Gasteiger partial charge in [0.2, 0.25) is 0 Å². The molecule has 0 spiro atoms. The first-order valence-corrected chi connectivity index (χ1v) is 7.72. The van der Waals surface area contributed by atoms with Crippen molar-refractivity contribution >= 4 is 11.9 Å². The smallest absolute Gasteiger partial charge is 0.335 e. The molecule has 2 rings (SSSR count). The minimum atomic E-state index is -1.03. The number of aromatic nitrogens is 1. The molecule has 1 aromatic carbocycles. The highest BCUT2D eigenvalue weighted by molar-refractivity contribution is 5.95. The van der Waals surface area contributed by atoms with Crippen LogP contribution < -0.4 is 15.6 Å². The predicted octanol–water partition coefficient (Wildman–Crippen LogP) is 1.67. The van der Waals surface area contributed by atoms with Crippen LogP contribution in [0.4, 0.5) is 0 Å². The number of H-pyrrole nitrogens is 1. The molecule has 0 bridgehead atoms. The minimum Gasteiger partial charge on any atom is -0.496 e. The largest absolute Gasteiger partial charge is 0.496 e. The molecule has 25 heavy (non-hydrogen) atoms. The molecule has 0 aliphatic heterocycles. The van der Waals surface area contributed by atoms with Gasteiger partial charge in [-0.05, 0) is 49.6 Å². The molecule has 0 fully saturated rings. The van der Waals surface area contributed by atoms with E-state index in [0.717, 1.165) is 5.56 Å². The van der Waals surface area contributed by atoms with Gasteiger partial charge in [-0.1, -0.05) is 6.07 Å². The molecule has 0 aliphatic carbocycles. The highest BCUT2D eigenvalue weighted by Crippen LogP contribution is 2.20. The van der Waals surface area contributed by atoms with Crippen molar-refractivity contribution in [2.24, 2.45) is 0 Å². The van der Waals surface area contributed by atoms with Gasteiger partial charge < -0.3 is 20.1 Å². The summed E-state index contributed by atoms with van der Waals surface area (Å²) in [6, 6.07) is 6.31. The van der Waals surface area contributed by atoms with Gasteiger partial charge in [0.15, 0.2) is 0 Å². The third-order valence-electron chi connectivity index (χ3n) is 3.81. The van der Waals surface area contributed by atoms with E-state index in [2.05, 4.69) is 10.3 Å². The molecule has 0 atom stereocenters. The van der Waals surface area contributed by atoms with Crippen molar-refractivity contribution in [3.63, 3.8) is 0 Å². The van der Waals surface area contributed by atoms with E-state index in [0.29, 0.717) is 23.4 Å². The van der Waals surface area contributed by atoms with Crippen molar-refractivity contribution in [1.82, 2.24) is 10.3 Å². The van der Waals surface area contributed by atoms with Crippen LogP contribution in [0.3, 0.4) is 0 Å². The fraction of sp³-hybridized carbons (Fsp3) is 0.278. The molecule has 0 radical (unpaired) electrons. The molecule has 1 amide bonds. The van der Waals surface area contributed by atoms with Crippen LogP contribution >= 0.6 is 0 Å². The van der Waals surface area contributed by atoms with Crippen LogP contribution in [0.2, 0.25) is 0 Å². The Morgan fingerprint density at radius 2 is 1.96 bits per heavy atom. The van der Waals surface area contributed by atoms with Gasteiger partial charge in [-0.15, -0.1) is 0 Å². The number of rotatable bonds is 6. The Balaban J connectivity index is 2.07. The van der Waals surface area contributed by atoms with Crippen molar-refractivity contribution < 1.29 is 19.4 Å². The molecule has 2 aromatic rings. The zero-order valence-electron chi connectivity index (χ0n) is 14.3. The predicted molar refractivity (Wildman–Crippen MR) is 92.5 cm³/mol. The summed E-state index contributed by atoms with van der Waals surface area (Å²) in [5.41, 5.74) is 1.88. The quantitative estimate of drug-likeness (QED) is 0.739. The lowest BCUT2D eigenvalue weighted by molar-refractivity contribution is 0.0696. The first kappa shape index (κ1) is 18.3. The topological polar surface area (TPSA) is 108 Å². The van der Waals surface area contributed by atoms with Gasteiger partial charge in [0.25, 0.3) is 11.5 Å². The summed E-state index contributed by atoms with van der Waals surface area (Å²) in [7, 11) is 1.46. The number of amides is 1. The van der Waals surface area contributed by atoms with Crippen LogP contribution in [0.5, 0.6) is 5.75 Å². The Morgan fingerprint density at radius 3 is 2.56 bits per heavy atom. The number of pyridine rings is 1. The summed E-state index contributed by atoms with van der Waals surface area (Å²) in [5.74, 6) is -1.04. The number of carbonyl (C=O) groups is 2. The molecule has 3 N–H and O–H groups in total. The van der Waals surface area contributed by atoms with Crippen LogP contribution in [0, 0.1) is 13.8 Å². The maximum absolute atomic E-state index is 12.2. The third kappa shape index (κ3) is 4.26. The highest BCUT2D eigenvalue weighted by atomic mass is 16.5. The highest BCUT2D eigenvalue weighted by Gasteiger charge is 2.14. The van der Waals surface area contributed by atoms with Crippen molar-refractivity contribution in [1.29, 1.82) is 0 Å². The van der Waals surface area contributed by atoms with Crippen LogP contribution in [-0.2, 0) is 6.42 Å². The fourth-order valence-electron chi connectivity index (χ4n) is 2.62. The molecular weight excluding hydrogens is 324 g/mol. The van der Waals surface area contributed by atoms with Gasteiger partial charge in [0.05, 0.1) is 12.7 Å². The van der Waals surface area contributed by atoms with Gasteiger partial charge in [-0.2, -0.15) is 0 Å². The Morgan fingerprint density at radius 1 is 1.24 bits per heavy atom. The lowest BCUT2D eigenvalue weighted by Crippen LogP contribution is -2.32. The summed E-state index contributed by atoms with van der Waals surface area (Å²) in [6.45, 7) is 3.75. The van der Waals surface area contributed by atoms with E-state index in [4.69, 9.17) is 9.84 Å². The maximum Gasteiger partial charge on any atom is 0.335 e. The van der Waals surface area contributed by atoms with Crippen LogP contribution in [-0.4, -0.2) is 35.6 Å². The third-order valence-corrected chi connectivity index (χ3v) is 3.81. The molecule has 0 saturated carbocycles. The van der Waals surface area contributed by atoms with Crippen LogP contribution in [0.25, 0.3) is 0 Å². The number of hydrogen-bond acceptors (Lipinski definition) is 4. The number of aromatic amines is 1.